The number of aromatic hydroxyl groups is 1. The predicted octanol–water partition coefficient (Wildman–Crippen LogP) is 3.29. The Labute approximate surface area is 104 Å². The SMILES string of the molecule is CC(C)c1ccc(C2(CN)CCCC2)c(O)c1. The number of hydrogen-bond donors (Lipinski definition) is 2. The van der Waals surface area contributed by atoms with Gasteiger partial charge in [-0.25, -0.2) is 0 Å². The van der Waals surface area contributed by atoms with E-state index in [9.17, 15) is 5.11 Å². The topological polar surface area (TPSA) is 46.2 Å². The van der Waals surface area contributed by atoms with Gasteiger partial charge in [0.2, 0.25) is 0 Å². The lowest BCUT2D eigenvalue weighted by Crippen LogP contribution is -2.32. The molecule has 0 amide bonds. The smallest absolute Gasteiger partial charge is 0.119 e. The Balaban J connectivity index is 2.38. The van der Waals surface area contributed by atoms with Gasteiger partial charge in [0.15, 0.2) is 0 Å². The van der Waals surface area contributed by atoms with Gasteiger partial charge in [-0.2, -0.15) is 0 Å². The van der Waals surface area contributed by atoms with Crippen molar-refractivity contribution in [2.24, 2.45) is 5.73 Å². The maximum absolute atomic E-state index is 10.2. The molecule has 94 valence electrons. The second-order valence-electron chi connectivity index (χ2n) is 5.62. The molecule has 0 unspecified atom stereocenters. The molecule has 0 spiro atoms. The highest BCUT2D eigenvalue weighted by Crippen LogP contribution is 2.44. The Hall–Kier alpha value is -1.02. The lowest BCUT2D eigenvalue weighted by atomic mass is 9.78. The summed E-state index contributed by atoms with van der Waals surface area (Å²) in [6.07, 6.45) is 4.67. The minimum absolute atomic E-state index is 0.0274. The quantitative estimate of drug-likeness (QED) is 0.841. The molecular formula is C15H23NO. The van der Waals surface area contributed by atoms with Crippen molar-refractivity contribution in [3.63, 3.8) is 0 Å². The van der Waals surface area contributed by atoms with Crippen LogP contribution in [0.15, 0.2) is 18.2 Å². The first-order chi connectivity index (χ1) is 8.09. The number of nitrogens with two attached hydrogens (primary N) is 1. The summed E-state index contributed by atoms with van der Waals surface area (Å²) in [7, 11) is 0. The average Bonchev–Trinajstić information content (AvgIpc) is 2.78. The van der Waals surface area contributed by atoms with E-state index in [-0.39, 0.29) is 5.41 Å². The summed E-state index contributed by atoms with van der Waals surface area (Å²) in [4.78, 5) is 0. The summed E-state index contributed by atoms with van der Waals surface area (Å²) in [5.74, 6) is 0.885. The molecule has 1 aliphatic rings. The fourth-order valence-corrected chi connectivity index (χ4v) is 2.99. The normalized spacial score (nSPS) is 18.8. The molecule has 2 rings (SSSR count). The van der Waals surface area contributed by atoms with E-state index in [1.807, 2.05) is 6.07 Å². The summed E-state index contributed by atoms with van der Waals surface area (Å²) in [6.45, 7) is 4.92. The van der Waals surface area contributed by atoms with E-state index >= 15 is 0 Å². The molecule has 0 aromatic heterocycles. The van der Waals surface area contributed by atoms with Crippen LogP contribution in [-0.2, 0) is 5.41 Å². The molecule has 2 nitrogen and oxygen atoms in total. The molecule has 1 saturated carbocycles. The molecular weight excluding hydrogens is 210 g/mol. The second kappa shape index (κ2) is 4.69. The Bertz CT molecular complexity index is 392. The van der Waals surface area contributed by atoms with E-state index in [1.54, 1.807) is 0 Å². The molecule has 3 N–H and O–H groups in total. The number of phenolic OH excluding ortho intramolecular Hbond substituents is 1. The van der Waals surface area contributed by atoms with Crippen molar-refractivity contribution in [1.29, 1.82) is 0 Å². The number of benzene rings is 1. The Morgan fingerprint density at radius 2 is 1.94 bits per heavy atom. The van der Waals surface area contributed by atoms with Crippen LogP contribution in [0.2, 0.25) is 0 Å². The van der Waals surface area contributed by atoms with Gasteiger partial charge in [0, 0.05) is 17.5 Å². The standard InChI is InChI=1S/C15H23NO/c1-11(2)12-5-6-13(14(17)9-12)15(10-16)7-3-4-8-15/h5-6,9,11,17H,3-4,7-8,10,16H2,1-2H3. The van der Waals surface area contributed by atoms with Crippen molar-refractivity contribution in [2.45, 2.75) is 50.9 Å². The van der Waals surface area contributed by atoms with E-state index in [0.29, 0.717) is 18.2 Å². The Kier molecular flexibility index (Phi) is 3.43. The van der Waals surface area contributed by atoms with Crippen LogP contribution >= 0.6 is 0 Å². The molecule has 0 bridgehead atoms. The molecule has 1 fully saturated rings. The largest absolute Gasteiger partial charge is 0.508 e. The van der Waals surface area contributed by atoms with E-state index < -0.39 is 0 Å². The van der Waals surface area contributed by atoms with Crippen molar-refractivity contribution in [1.82, 2.24) is 0 Å². The van der Waals surface area contributed by atoms with Gasteiger partial charge in [0.25, 0.3) is 0 Å². The molecule has 2 heteroatoms. The van der Waals surface area contributed by atoms with Gasteiger partial charge in [-0.05, 0) is 30.4 Å². The summed E-state index contributed by atoms with van der Waals surface area (Å²) < 4.78 is 0. The molecule has 0 atom stereocenters. The van der Waals surface area contributed by atoms with Crippen LogP contribution in [0.5, 0.6) is 5.75 Å². The van der Waals surface area contributed by atoms with Crippen LogP contribution in [-0.4, -0.2) is 11.7 Å². The summed E-state index contributed by atoms with van der Waals surface area (Å²) >= 11 is 0. The Morgan fingerprint density at radius 1 is 1.29 bits per heavy atom. The van der Waals surface area contributed by atoms with Crippen molar-refractivity contribution in [3.05, 3.63) is 29.3 Å². The number of rotatable bonds is 3. The van der Waals surface area contributed by atoms with Gasteiger partial charge in [0.1, 0.15) is 5.75 Å². The van der Waals surface area contributed by atoms with Crippen molar-refractivity contribution in [2.75, 3.05) is 6.54 Å². The van der Waals surface area contributed by atoms with Crippen LogP contribution in [0.25, 0.3) is 0 Å². The van der Waals surface area contributed by atoms with Gasteiger partial charge in [-0.15, -0.1) is 0 Å². The Morgan fingerprint density at radius 3 is 2.41 bits per heavy atom. The van der Waals surface area contributed by atoms with Crippen molar-refractivity contribution < 1.29 is 5.11 Å². The van der Waals surface area contributed by atoms with Gasteiger partial charge in [-0.3, -0.25) is 0 Å². The van der Waals surface area contributed by atoms with E-state index in [0.717, 1.165) is 18.4 Å². The third kappa shape index (κ3) is 2.19. The zero-order chi connectivity index (χ0) is 12.5. The van der Waals surface area contributed by atoms with Crippen LogP contribution < -0.4 is 5.73 Å². The highest BCUT2D eigenvalue weighted by molar-refractivity contribution is 5.43. The maximum Gasteiger partial charge on any atom is 0.119 e. The summed E-state index contributed by atoms with van der Waals surface area (Å²) in [5.41, 5.74) is 8.23. The second-order valence-corrected chi connectivity index (χ2v) is 5.62. The fraction of sp³-hybridized carbons (Fsp3) is 0.600. The van der Waals surface area contributed by atoms with Crippen molar-refractivity contribution in [3.8, 4) is 5.75 Å². The first kappa shape index (κ1) is 12.4. The molecule has 0 aliphatic heterocycles. The molecule has 1 aromatic rings. The monoisotopic (exact) mass is 233 g/mol. The van der Waals surface area contributed by atoms with Gasteiger partial charge in [0.05, 0.1) is 0 Å². The molecule has 0 heterocycles. The highest BCUT2D eigenvalue weighted by atomic mass is 16.3. The van der Waals surface area contributed by atoms with Crippen molar-refractivity contribution >= 4 is 0 Å². The predicted molar refractivity (Wildman–Crippen MR) is 71.4 cm³/mol. The number of phenols is 1. The first-order valence-corrected chi connectivity index (χ1v) is 6.62. The fourth-order valence-electron chi connectivity index (χ4n) is 2.99. The lowest BCUT2D eigenvalue weighted by molar-refractivity contribution is 0.405. The third-order valence-electron chi connectivity index (χ3n) is 4.21. The van der Waals surface area contributed by atoms with Gasteiger partial charge >= 0.3 is 0 Å². The summed E-state index contributed by atoms with van der Waals surface area (Å²) in [5, 5.41) is 10.2. The molecule has 0 radical (unpaired) electrons. The minimum atomic E-state index is 0.0274. The summed E-state index contributed by atoms with van der Waals surface area (Å²) in [6, 6.07) is 6.13. The van der Waals surface area contributed by atoms with Crippen LogP contribution in [0.3, 0.4) is 0 Å². The van der Waals surface area contributed by atoms with Gasteiger partial charge < -0.3 is 10.8 Å². The zero-order valence-corrected chi connectivity index (χ0v) is 10.9. The third-order valence-corrected chi connectivity index (χ3v) is 4.21. The maximum atomic E-state index is 10.2. The zero-order valence-electron chi connectivity index (χ0n) is 10.9. The van der Waals surface area contributed by atoms with E-state index in [4.69, 9.17) is 5.73 Å². The van der Waals surface area contributed by atoms with E-state index in [1.165, 1.54) is 18.4 Å². The molecule has 0 saturated heterocycles. The lowest BCUT2D eigenvalue weighted by Gasteiger charge is -2.29. The van der Waals surface area contributed by atoms with Crippen LogP contribution in [0.4, 0.5) is 0 Å². The highest BCUT2D eigenvalue weighted by Gasteiger charge is 2.36. The molecule has 17 heavy (non-hydrogen) atoms. The van der Waals surface area contributed by atoms with Crippen LogP contribution in [0, 0.1) is 0 Å². The molecule has 1 aromatic carbocycles. The van der Waals surface area contributed by atoms with E-state index in [2.05, 4.69) is 26.0 Å². The van der Waals surface area contributed by atoms with Crippen LogP contribution in [0.1, 0.15) is 56.6 Å². The molecule has 1 aliphatic carbocycles. The van der Waals surface area contributed by atoms with Gasteiger partial charge in [-0.1, -0.05) is 38.8 Å². The minimum Gasteiger partial charge on any atom is -0.508 e. The first-order valence-electron chi connectivity index (χ1n) is 6.62. The average molecular weight is 233 g/mol. The number of hydrogen-bond acceptors (Lipinski definition) is 2.